The number of carbonyl (C=O) groups excluding carboxylic acids is 2. The van der Waals surface area contributed by atoms with Crippen LogP contribution < -0.4 is 5.32 Å². The summed E-state index contributed by atoms with van der Waals surface area (Å²) < 4.78 is 30.7. The molecule has 0 saturated heterocycles. The lowest BCUT2D eigenvalue weighted by Crippen LogP contribution is -2.47. The molecule has 0 spiro atoms. The fraction of sp³-hybridized carbons (Fsp3) is 0.785. The van der Waals surface area contributed by atoms with Crippen molar-refractivity contribution in [2.45, 2.75) is 290 Å². The molecule has 0 aliphatic heterocycles. The Morgan fingerprint density at radius 2 is 0.813 bits per heavy atom. The Hall–Kier alpha value is -2.55. The molecule has 0 fully saturated rings. The summed E-state index contributed by atoms with van der Waals surface area (Å²) in [5.41, 5.74) is 0. The first-order valence-electron chi connectivity index (χ1n) is 31.3. The van der Waals surface area contributed by atoms with Crippen LogP contribution in [0.15, 0.2) is 72.9 Å². The monoisotopic (exact) mass is 1070 g/mol. The van der Waals surface area contributed by atoms with Crippen molar-refractivity contribution in [2.24, 2.45) is 0 Å². The largest absolute Gasteiger partial charge is 0.472 e. The molecule has 3 unspecified atom stereocenters. The Bertz CT molecular complexity index is 1510. The zero-order valence-electron chi connectivity index (χ0n) is 49.8. The van der Waals surface area contributed by atoms with E-state index in [2.05, 4.69) is 86.8 Å². The van der Waals surface area contributed by atoms with E-state index in [9.17, 15) is 19.0 Å². The van der Waals surface area contributed by atoms with Crippen molar-refractivity contribution >= 4 is 19.7 Å². The highest BCUT2D eigenvalue weighted by atomic mass is 31.2. The van der Waals surface area contributed by atoms with E-state index in [1.807, 2.05) is 33.3 Å². The number of carbonyl (C=O) groups is 2. The molecule has 1 amide bonds. The van der Waals surface area contributed by atoms with Gasteiger partial charge in [-0.05, 0) is 102 Å². The molecule has 0 radical (unpaired) electrons. The van der Waals surface area contributed by atoms with Crippen LogP contribution in [0.3, 0.4) is 0 Å². The van der Waals surface area contributed by atoms with Gasteiger partial charge in [-0.3, -0.25) is 18.6 Å². The zero-order chi connectivity index (χ0) is 55.0. The number of nitrogens with zero attached hydrogens (tertiary/aromatic N) is 1. The van der Waals surface area contributed by atoms with Crippen LogP contribution in [0.2, 0.25) is 0 Å². The van der Waals surface area contributed by atoms with E-state index in [1.54, 1.807) is 0 Å². The summed E-state index contributed by atoms with van der Waals surface area (Å²) in [6, 6.07) is -0.862. The fourth-order valence-corrected chi connectivity index (χ4v) is 9.48. The molecule has 0 aromatic carbocycles. The van der Waals surface area contributed by atoms with Gasteiger partial charge in [0.2, 0.25) is 5.91 Å². The van der Waals surface area contributed by atoms with Gasteiger partial charge in [0.05, 0.1) is 33.8 Å². The molecule has 0 aromatic rings. The normalized spacial score (nSPS) is 14.2. The van der Waals surface area contributed by atoms with Crippen LogP contribution >= 0.6 is 7.82 Å². The lowest BCUT2D eigenvalue weighted by molar-refractivity contribution is -0.870. The lowest BCUT2D eigenvalue weighted by Gasteiger charge is -2.27. The summed E-state index contributed by atoms with van der Waals surface area (Å²) >= 11 is 0. The van der Waals surface area contributed by atoms with Crippen molar-refractivity contribution in [1.29, 1.82) is 0 Å². The van der Waals surface area contributed by atoms with Crippen LogP contribution in [0.4, 0.5) is 0 Å². The van der Waals surface area contributed by atoms with Crippen molar-refractivity contribution < 1.29 is 37.3 Å². The van der Waals surface area contributed by atoms with Crippen LogP contribution in [0, 0.1) is 0 Å². The Balaban J connectivity index is 5.24. The number of esters is 1. The van der Waals surface area contributed by atoms with Crippen LogP contribution in [0.25, 0.3) is 0 Å². The van der Waals surface area contributed by atoms with Gasteiger partial charge in [-0.15, -0.1) is 0 Å². The lowest BCUT2D eigenvalue weighted by atomic mass is 10.0. The molecule has 3 atom stereocenters. The van der Waals surface area contributed by atoms with Crippen LogP contribution in [0.1, 0.15) is 278 Å². The first-order valence-corrected chi connectivity index (χ1v) is 32.8. The molecular formula is C65H120N2O7P+. The van der Waals surface area contributed by atoms with E-state index in [4.69, 9.17) is 13.8 Å². The molecular weight excluding hydrogens is 952 g/mol. The van der Waals surface area contributed by atoms with Gasteiger partial charge in [-0.2, -0.15) is 0 Å². The van der Waals surface area contributed by atoms with Crippen LogP contribution in [-0.2, 0) is 27.9 Å². The molecule has 0 heterocycles. The second-order valence-electron chi connectivity index (χ2n) is 22.2. The van der Waals surface area contributed by atoms with Crippen LogP contribution in [0.5, 0.6) is 0 Å². The first-order chi connectivity index (χ1) is 36.4. The third-order valence-corrected chi connectivity index (χ3v) is 14.6. The molecule has 2 N–H and O–H groups in total. The highest BCUT2D eigenvalue weighted by molar-refractivity contribution is 7.47. The van der Waals surface area contributed by atoms with Gasteiger partial charge < -0.3 is 19.4 Å². The van der Waals surface area contributed by atoms with Gasteiger partial charge in [0.1, 0.15) is 19.3 Å². The highest BCUT2D eigenvalue weighted by Crippen LogP contribution is 2.43. The molecule has 0 bridgehead atoms. The van der Waals surface area contributed by atoms with Gasteiger partial charge in [0.25, 0.3) is 0 Å². The van der Waals surface area contributed by atoms with Crippen molar-refractivity contribution in [3.8, 4) is 0 Å². The van der Waals surface area contributed by atoms with Gasteiger partial charge in [-0.1, -0.05) is 235 Å². The Morgan fingerprint density at radius 3 is 1.27 bits per heavy atom. The van der Waals surface area contributed by atoms with Crippen molar-refractivity contribution in [3.63, 3.8) is 0 Å². The van der Waals surface area contributed by atoms with Gasteiger partial charge in [0, 0.05) is 12.8 Å². The Kier molecular flexibility index (Phi) is 52.9. The first kappa shape index (κ1) is 72.5. The van der Waals surface area contributed by atoms with Crippen molar-refractivity contribution in [2.75, 3.05) is 40.9 Å². The molecule has 0 rings (SSSR count). The summed E-state index contributed by atoms with van der Waals surface area (Å²) in [6.45, 7) is 6.96. The smallest absolute Gasteiger partial charge is 0.456 e. The molecule has 0 aromatic heterocycles. The third-order valence-electron chi connectivity index (χ3n) is 13.6. The fourth-order valence-electron chi connectivity index (χ4n) is 8.74. The van der Waals surface area contributed by atoms with Crippen molar-refractivity contribution in [1.82, 2.24) is 5.32 Å². The van der Waals surface area contributed by atoms with Crippen molar-refractivity contribution in [3.05, 3.63) is 72.9 Å². The SMILES string of the molecule is CCCCC/C=C\C/C=C\C/C=C\C/C=C\CCCCCCCCCC(=O)OC(/C=C\CCCCCCCCCCCC)C(COP(=O)(O)OCC[N+](C)(C)C)NC(=O)CCCCC/C=C\CCCCCCCCC. The number of quaternary nitrogens is 1. The van der Waals surface area contributed by atoms with E-state index in [1.165, 1.54) is 141 Å². The topological polar surface area (TPSA) is 111 Å². The van der Waals surface area contributed by atoms with E-state index in [0.717, 1.165) is 103 Å². The van der Waals surface area contributed by atoms with Gasteiger partial charge >= 0.3 is 13.8 Å². The summed E-state index contributed by atoms with van der Waals surface area (Å²) in [5, 5.41) is 3.04. The maximum absolute atomic E-state index is 13.5. The number of hydrogen-bond donors (Lipinski definition) is 2. The molecule has 9 nitrogen and oxygen atoms in total. The van der Waals surface area contributed by atoms with E-state index in [0.29, 0.717) is 17.4 Å². The average Bonchev–Trinajstić information content (AvgIpc) is 3.37. The minimum absolute atomic E-state index is 0.0336. The number of allylic oxidation sites excluding steroid dienone is 11. The maximum atomic E-state index is 13.5. The predicted octanol–water partition coefficient (Wildman–Crippen LogP) is 19.2. The number of phosphoric acid groups is 1. The number of unbranched alkanes of at least 4 members (excludes halogenated alkanes) is 30. The number of nitrogens with one attached hydrogen (secondary N) is 1. The molecule has 0 saturated carbocycles. The number of hydrogen-bond acceptors (Lipinski definition) is 6. The van der Waals surface area contributed by atoms with Crippen LogP contribution in [-0.4, -0.2) is 74.3 Å². The second-order valence-corrected chi connectivity index (χ2v) is 23.7. The standard InChI is InChI=1S/C65H119N2O7P/c1-7-10-13-16-19-22-25-28-30-31-32-33-34-35-36-37-38-40-43-46-49-52-55-58-65(69)74-63(56-53-50-47-44-41-27-24-21-18-15-12-9-3)62(61-73-75(70,71)72-60-59-67(4,5)6)66-64(68)57-54-51-48-45-42-39-29-26-23-20-17-14-11-8-2/h19,22,28,30,32-33,35-36,39,42,53,56,62-63H,7-18,20-21,23-27,29,31,34,37-38,40-41,43-52,54-55,57-61H2,1-6H3,(H-,66,68,70,71)/p+1/b22-19-,30-28-,33-32-,36-35-,42-39-,56-53-. The Labute approximate surface area is 463 Å². The number of amides is 1. The molecule has 436 valence electrons. The second kappa shape index (κ2) is 54.8. The van der Waals surface area contributed by atoms with E-state index < -0.39 is 20.0 Å². The zero-order valence-corrected chi connectivity index (χ0v) is 50.7. The number of rotatable bonds is 56. The number of likely N-dealkylation sites (N-methyl/N-ethyl adjacent to an activating group) is 1. The third kappa shape index (κ3) is 56.0. The number of phosphoric ester groups is 1. The summed E-state index contributed by atoms with van der Waals surface area (Å²) in [5.74, 6) is -0.534. The minimum Gasteiger partial charge on any atom is -0.456 e. The predicted molar refractivity (Wildman–Crippen MR) is 323 cm³/mol. The summed E-state index contributed by atoms with van der Waals surface area (Å²) in [4.78, 5) is 37.7. The number of ether oxygens (including phenoxy) is 1. The van der Waals surface area contributed by atoms with Gasteiger partial charge in [0.15, 0.2) is 0 Å². The minimum atomic E-state index is -4.45. The Morgan fingerprint density at radius 1 is 0.467 bits per heavy atom. The highest BCUT2D eigenvalue weighted by Gasteiger charge is 2.30. The molecule has 10 heteroatoms. The maximum Gasteiger partial charge on any atom is 0.472 e. The average molecular weight is 1070 g/mol. The van der Waals surface area contributed by atoms with E-state index >= 15 is 0 Å². The van der Waals surface area contributed by atoms with Gasteiger partial charge in [-0.25, -0.2) is 4.57 Å². The summed E-state index contributed by atoms with van der Waals surface area (Å²) in [7, 11) is 1.48. The molecule has 75 heavy (non-hydrogen) atoms. The summed E-state index contributed by atoms with van der Waals surface area (Å²) in [6.07, 6.45) is 70.4. The van der Waals surface area contributed by atoms with E-state index in [-0.39, 0.29) is 31.5 Å². The molecule has 0 aliphatic carbocycles. The quantitative estimate of drug-likeness (QED) is 0.0205. The molecule has 0 aliphatic rings.